The monoisotopic (exact) mass is 413 g/mol. The van der Waals surface area contributed by atoms with Crippen LogP contribution in [0.1, 0.15) is 24.2 Å². The molecule has 0 bridgehead atoms. The van der Waals surface area contributed by atoms with Crippen molar-refractivity contribution in [1.82, 2.24) is 0 Å². The van der Waals surface area contributed by atoms with Crippen molar-refractivity contribution in [3.63, 3.8) is 0 Å². The van der Waals surface area contributed by atoms with Crippen LogP contribution in [-0.4, -0.2) is 30.7 Å². The van der Waals surface area contributed by atoms with Gasteiger partial charge >= 0.3 is 5.97 Å². The van der Waals surface area contributed by atoms with Gasteiger partial charge in [0.25, 0.3) is 0 Å². The Kier molecular flexibility index (Phi) is 7.76. The Hall–Kier alpha value is -2.17. The van der Waals surface area contributed by atoms with Crippen LogP contribution in [0.4, 0.5) is 23.2 Å². The minimum atomic E-state index is -3.49. The molecule has 0 saturated heterocycles. The van der Waals surface area contributed by atoms with Crippen LogP contribution >= 0.6 is 7.37 Å². The lowest BCUT2D eigenvalue weighted by atomic mass is 10.1. The highest BCUT2D eigenvalue weighted by molar-refractivity contribution is 7.60. The van der Waals surface area contributed by atoms with E-state index in [1.54, 1.807) is 0 Å². The molecule has 9 nitrogen and oxygen atoms in total. The Labute approximate surface area is 150 Å². The number of carbonyl (C=O) groups is 1. The fourth-order valence-electron chi connectivity index (χ4n) is 1.92. The van der Waals surface area contributed by atoms with Crippen LogP contribution in [0.5, 0.6) is 0 Å². The number of nitrogens with zero attached hydrogens (tertiary/aromatic N) is 3. The Bertz CT molecular complexity index is 788. The largest absolute Gasteiger partial charge is 0.459 e. The van der Waals surface area contributed by atoms with E-state index in [4.69, 9.17) is 21.5 Å². The average Bonchev–Trinajstić information content (AvgIpc) is 2.60. The normalized spacial score (nSPS) is 15.4. The van der Waals surface area contributed by atoms with Crippen molar-refractivity contribution in [2.75, 3.05) is 13.2 Å². The molecule has 1 aromatic carbocycles. The predicted octanol–water partition coefficient (Wildman–Crippen LogP) is 3.25. The molecule has 150 valence electrons. The van der Waals surface area contributed by atoms with Crippen LogP contribution in [-0.2, 0) is 13.8 Å². The minimum absolute atomic E-state index is 0.503. The van der Waals surface area contributed by atoms with Crippen LogP contribution < -0.4 is 11.5 Å². The van der Waals surface area contributed by atoms with Crippen LogP contribution in [0.3, 0.4) is 0 Å². The van der Waals surface area contributed by atoms with Crippen molar-refractivity contribution in [2.24, 2.45) is 16.6 Å². The van der Waals surface area contributed by atoms with E-state index in [0.717, 1.165) is 0 Å². The highest BCUT2D eigenvalue weighted by Gasteiger charge is 2.33. The first-order chi connectivity index (χ1) is 12.5. The van der Waals surface area contributed by atoms with E-state index in [2.05, 4.69) is 9.85 Å². The number of esters is 1. The summed E-state index contributed by atoms with van der Waals surface area (Å²) in [5, 5.41) is 2.49. The summed E-state index contributed by atoms with van der Waals surface area (Å²) in [5.41, 5.74) is 16.0. The maximum Gasteiger partial charge on any atom is 0.344 e. The highest BCUT2D eigenvalue weighted by Crippen LogP contribution is 2.52. The van der Waals surface area contributed by atoms with Gasteiger partial charge in [-0.05, 0) is 19.4 Å². The maximum atomic E-state index is 13.8. The minimum Gasteiger partial charge on any atom is -0.459 e. The van der Waals surface area contributed by atoms with Gasteiger partial charge in [0.15, 0.2) is 23.3 Å². The number of carbonyl (C=O) groups excluding carboxylic acids is 1. The Morgan fingerprint density at radius 3 is 2.00 bits per heavy atom. The molecule has 2 atom stereocenters. The molecule has 0 aliphatic carbocycles. The number of hydrogen-bond donors (Lipinski definition) is 2. The van der Waals surface area contributed by atoms with Crippen molar-refractivity contribution in [2.45, 2.75) is 25.4 Å². The summed E-state index contributed by atoms with van der Waals surface area (Å²) in [6.07, 6.45) is 0. The lowest BCUT2D eigenvalue weighted by molar-refractivity contribution is 0.0436. The molecule has 0 aliphatic heterocycles. The third-order valence-corrected chi connectivity index (χ3v) is 6.19. The number of rotatable bonds is 8. The summed E-state index contributed by atoms with van der Waals surface area (Å²) in [5.74, 6) is -11.9. The topological polar surface area (TPSA) is 153 Å². The van der Waals surface area contributed by atoms with Gasteiger partial charge < -0.3 is 20.7 Å². The van der Waals surface area contributed by atoms with Crippen molar-refractivity contribution in [1.29, 1.82) is 0 Å². The molecule has 0 fully saturated rings. The molecule has 0 radical (unpaired) electrons. The number of halogens is 4. The van der Waals surface area contributed by atoms with Gasteiger partial charge in [-0.25, -0.2) is 22.4 Å². The number of nitrogens with two attached hydrogens (primary N) is 2. The molecule has 2 unspecified atom stereocenters. The highest BCUT2D eigenvalue weighted by atomic mass is 31.2. The van der Waals surface area contributed by atoms with Crippen LogP contribution in [0.25, 0.3) is 10.4 Å². The first kappa shape index (κ1) is 22.9. The van der Waals surface area contributed by atoms with E-state index < -0.39 is 72.6 Å². The van der Waals surface area contributed by atoms with Crippen LogP contribution in [0.15, 0.2) is 5.11 Å². The second-order valence-electron chi connectivity index (χ2n) is 5.26. The zero-order chi connectivity index (χ0) is 20.9. The molecule has 0 heterocycles. The van der Waals surface area contributed by atoms with Crippen molar-refractivity contribution < 1.29 is 36.2 Å². The fourth-order valence-corrected chi connectivity index (χ4v) is 3.50. The van der Waals surface area contributed by atoms with E-state index in [-0.39, 0.29) is 0 Å². The van der Waals surface area contributed by atoms with E-state index in [1.807, 2.05) is 4.91 Å². The molecule has 27 heavy (non-hydrogen) atoms. The number of ether oxygens (including phenoxy) is 1. The predicted molar refractivity (Wildman–Crippen MR) is 86.2 cm³/mol. The molecule has 1 rings (SSSR count). The van der Waals surface area contributed by atoms with Gasteiger partial charge in [0.1, 0.15) is 17.9 Å². The van der Waals surface area contributed by atoms with E-state index >= 15 is 0 Å². The molecule has 0 amide bonds. The zero-order valence-electron chi connectivity index (χ0n) is 14.2. The van der Waals surface area contributed by atoms with Crippen molar-refractivity contribution in [3.8, 4) is 0 Å². The van der Waals surface area contributed by atoms with E-state index in [0.29, 0.717) is 0 Å². The fraction of sp³-hybridized carbons (Fsp3) is 0.462. The molecule has 0 saturated carbocycles. The van der Waals surface area contributed by atoms with Gasteiger partial charge in [0, 0.05) is 4.91 Å². The molecular weight excluding hydrogens is 397 g/mol. The zero-order valence-corrected chi connectivity index (χ0v) is 15.1. The molecule has 0 spiro atoms. The van der Waals surface area contributed by atoms with Crippen LogP contribution in [0, 0.1) is 23.3 Å². The third-order valence-electron chi connectivity index (χ3n) is 3.33. The van der Waals surface area contributed by atoms with Gasteiger partial charge in [-0.2, -0.15) is 0 Å². The SMILES string of the molecule is CC(N)P(=O)(OCCOC(=O)c1c(F)c(F)c(N=[N+]=[N-])c(F)c1F)C(C)N. The van der Waals surface area contributed by atoms with Crippen molar-refractivity contribution >= 4 is 19.0 Å². The number of azide groups is 1. The van der Waals surface area contributed by atoms with Gasteiger partial charge in [-0.1, -0.05) is 5.11 Å². The summed E-state index contributed by atoms with van der Waals surface area (Å²) < 4.78 is 76.7. The quantitative estimate of drug-likeness (QED) is 0.0975. The van der Waals surface area contributed by atoms with Crippen molar-refractivity contribution in [3.05, 3.63) is 39.3 Å². The maximum absolute atomic E-state index is 13.8. The standard InChI is InChI=1S/C13H16F4N5O4P/c1-5(18)27(24,6(2)19)26-4-3-25-13(23)7-8(14)10(16)12(21-22-20)11(17)9(7)15/h5-6H,3-4,18-19H2,1-2H3. The summed E-state index contributed by atoms with van der Waals surface area (Å²) in [7, 11) is -3.49. The first-order valence-corrected chi connectivity index (χ1v) is 9.08. The summed E-state index contributed by atoms with van der Waals surface area (Å²) in [6, 6.07) is 0. The molecule has 0 aliphatic rings. The number of benzene rings is 1. The van der Waals surface area contributed by atoms with E-state index in [9.17, 15) is 26.9 Å². The van der Waals surface area contributed by atoms with Crippen LogP contribution in [0.2, 0.25) is 0 Å². The lowest BCUT2D eigenvalue weighted by Crippen LogP contribution is -2.29. The van der Waals surface area contributed by atoms with Gasteiger partial charge in [0.2, 0.25) is 7.37 Å². The molecule has 1 aromatic rings. The van der Waals surface area contributed by atoms with Gasteiger partial charge in [-0.15, -0.1) is 0 Å². The molecule has 4 N–H and O–H groups in total. The number of hydrogen-bond acceptors (Lipinski definition) is 7. The lowest BCUT2D eigenvalue weighted by Gasteiger charge is -2.25. The molecule has 14 heteroatoms. The first-order valence-electron chi connectivity index (χ1n) is 7.32. The second kappa shape index (κ2) is 9.16. The summed E-state index contributed by atoms with van der Waals surface area (Å²) in [6.45, 7) is 1.61. The Morgan fingerprint density at radius 2 is 1.59 bits per heavy atom. The van der Waals surface area contributed by atoms with E-state index in [1.165, 1.54) is 13.8 Å². The second-order valence-corrected chi connectivity index (χ2v) is 8.44. The summed E-state index contributed by atoms with van der Waals surface area (Å²) >= 11 is 0. The Morgan fingerprint density at radius 1 is 1.11 bits per heavy atom. The Balaban J connectivity index is 2.94. The third kappa shape index (κ3) is 4.76. The molecule has 0 aromatic heterocycles. The molecular formula is C13H16F4N5O4P. The summed E-state index contributed by atoms with van der Waals surface area (Å²) in [4.78, 5) is 13.8. The van der Waals surface area contributed by atoms with Gasteiger partial charge in [0.05, 0.1) is 18.2 Å². The smallest absolute Gasteiger partial charge is 0.344 e. The van der Waals surface area contributed by atoms with Gasteiger partial charge in [-0.3, -0.25) is 4.57 Å². The average molecular weight is 413 g/mol.